The molecule has 18 heteroatoms. The number of benzene rings is 3. The molecule has 0 bridgehead atoms. The average molecular weight is 918 g/mol. The number of nitrogens with one attached hydrogen (secondary N) is 4. The lowest BCUT2D eigenvalue weighted by molar-refractivity contribution is -0.140. The van der Waals surface area contributed by atoms with Crippen LogP contribution in [0.5, 0.6) is 11.5 Å². The molecule has 17 nitrogen and oxygen atoms in total. The maximum absolute atomic E-state index is 14.3. The van der Waals surface area contributed by atoms with Crippen molar-refractivity contribution in [2.45, 2.75) is 104 Å². The number of likely N-dealkylation sites (tertiary alicyclic amines) is 2. The van der Waals surface area contributed by atoms with E-state index in [1.807, 2.05) is 58.6 Å². The van der Waals surface area contributed by atoms with E-state index < -0.39 is 76.6 Å². The van der Waals surface area contributed by atoms with E-state index in [9.17, 15) is 33.2 Å². The summed E-state index contributed by atoms with van der Waals surface area (Å²) in [5.41, 5.74) is 1.60. The second-order valence-electron chi connectivity index (χ2n) is 18.6. The van der Waals surface area contributed by atoms with Crippen molar-refractivity contribution < 1.29 is 52.1 Å². The second-order valence-corrected chi connectivity index (χ2v) is 18.6. The summed E-state index contributed by atoms with van der Waals surface area (Å²) in [4.78, 5) is 85.1. The summed E-state index contributed by atoms with van der Waals surface area (Å²) in [6.45, 7) is 12.1. The van der Waals surface area contributed by atoms with Crippen LogP contribution in [0.3, 0.4) is 0 Å². The van der Waals surface area contributed by atoms with Gasteiger partial charge in [-0.2, -0.15) is 0 Å². The zero-order valence-corrected chi connectivity index (χ0v) is 39.5. The Hall–Kier alpha value is -6.59. The number of halogens is 1. The first kappa shape index (κ1) is 50.4. The van der Waals surface area contributed by atoms with Gasteiger partial charge in [0.05, 0.1) is 39.8 Å². The van der Waals surface area contributed by atoms with Crippen LogP contribution in [0.1, 0.15) is 78.4 Å². The lowest BCUT2D eigenvalue weighted by atomic mass is 9.85. The quantitative estimate of drug-likeness (QED) is 0.131. The van der Waals surface area contributed by atoms with Gasteiger partial charge in [-0.1, -0.05) is 53.7 Å². The molecule has 2 fully saturated rings. The van der Waals surface area contributed by atoms with Gasteiger partial charge in [0.2, 0.25) is 23.6 Å². The Morgan fingerprint density at radius 3 is 1.38 bits per heavy atom. The van der Waals surface area contributed by atoms with Gasteiger partial charge in [0.25, 0.3) is 0 Å². The van der Waals surface area contributed by atoms with Crippen molar-refractivity contribution in [1.29, 1.82) is 0 Å². The summed E-state index contributed by atoms with van der Waals surface area (Å²) >= 11 is 0. The number of hydrogen-bond acceptors (Lipinski definition) is 11. The largest absolute Gasteiger partial charge is 0.495 e. The van der Waals surface area contributed by atoms with Crippen molar-refractivity contribution >= 4 is 52.9 Å². The minimum absolute atomic E-state index is 0.278. The number of hydrogen-bond donors (Lipinski definition) is 4. The Bertz CT molecular complexity index is 2110. The van der Waals surface area contributed by atoms with Gasteiger partial charge in [0.1, 0.15) is 41.5 Å². The second kappa shape index (κ2) is 21.6. The molecule has 0 aromatic heterocycles. The predicted molar refractivity (Wildman–Crippen MR) is 247 cm³/mol. The standard InChI is InChI=1S/C48H64FN7O10/c1-47(2,3)39(52-45(61)65-9)43(59)55-23-11-13-35(55)41(57)50-33-25-29(15-21-37(33)63-7)27-54(32-19-17-31(49)18-20-32)28-30-16-22-38(64-8)34(26-30)51-42(58)36-14-12-24-56(36)44(60)40(48(4,5)6)53-46(62)66-10/h15-22,25-26,35-36,39-40H,11-14,23-24,27-28H2,1-10H3,(H,50,57)(H,51,58)(H,52,61)(H,53,62)/t35-,36-,39+,40+/m0/s1. The molecule has 4 N–H and O–H groups in total. The molecular formula is C48H64FN7O10. The summed E-state index contributed by atoms with van der Waals surface area (Å²) in [6.07, 6.45) is 0.518. The molecule has 0 saturated carbocycles. The highest BCUT2D eigenvalue weighted by Crippen LogP contribution is 2.33. The van der Waals surface area contributed by atoms with Crippen LogP contribution in [0.15, 0.2) is 60.7 Å². The van der Waals surface area contributed by atoms with Crippen molar-refractivity contribution in [3.05, 3.63) is 77.6 Å². The van der Waals surface area contributed by atoms with Crippen LogP contribution in [-0.2, 0) is 41.7 Å². The lowest BCUT2D eigenvalue weighted by Gasteiger charge is -2.35. The topological polar surface area (TPSA) is 197 Å². The van der Waals surface area contributed by atoms with Crippen molar-refractivity contribution in [3.63, 3.8) is 0 Å². The summed E-state index contributed by atoms with van der Waals surface area (Å²) < 4.78 is 35.1. The van der Waals surface area contributed by atoms with E-state index in [0.29, 0.717) is 67.3 Å². The molecule has 2 saturated heterocycles. The van der Waals surface area contributed by atoms with Crippen molar-refractivity contribution in [2.24, 2.45) is 10.8 Å². The molecule has 0 spiro atoms. The molecule has 66 heavy (non-hydrogen) atoms. The number of carbonyl (C=O) groups excluding carboxylic acids is 6. The monoisotopic (exact) mass is 917 g/mol. The SMILES string of the molecule is COC(=O)N[C@H](C(=O)N1CCC[C@H]1C(=O)Nc1cc(CN(Cc2ccc(OC)c(NC(=O)[C@@H]3CCCN3C(=O)[C@@H](NC(=O)OC)C(C)(C)C)c2)c2ccc(F)cc2)ccc1OC)C(C)(C)C. The molecule has 3 aromatic carbocycles. The number of nitrogens with zero attached hydrogens (tertiary/aromatic N) is 3. The highest BCUT2D eigenvalue weighted by molar-refractivity contribution is 6.01. The van der Waals surface area contributed by atoms with Crippen molar-refractivity contribution in [1.82, 2.24) is 20.4 Å². The molecular weight excluding hydrogens is 854 g/mol. The maximum atomic E-state index is 14.3. The average Bonchev–Trinajstić information content (AvgIpc) is 3.98. The molecule has 6 amide bonds. The molecule has 0 radical (unpaired) electrons. The third-order valence-electron chi connectivity index (χ3n) is 11.8. The number of alkyl carbamates (subject to hydrolysis) is 2. The molecule has 2 aliphatic heterocycles. The lowest BCUT2D eigenvalue weighted by Crippen LogP contribution is -2.57. The Morgan fingerprint density at radius 1 is 0.636 bits per heavy atom. The number of ether oxygens (including phenoxy) is 4. The van der Waals surface area contributed by atoms with Gasteiger partial charge in [-0.3, -0.25) is 19.2 Å². The number of rotatable bonds is 15. The van der Waals surface area contributed by atoms with Gasteiger partial charge in [-0.05, 0) is 96.2 Å². The molecule has 5 rings (SSSR count). The van der Waals surface area contributed by atoms with E-state index in [-0.39, 0.29) is 13.1 Å². The van der Waals surface area contributed by atoms with Gasteiger partial charge in [-0.25, -0.2) is 14.0 Å². The Morgan fingerprint density at radius 2 is 1.03 bits per heavy atom. The molecule has 2 aliphatic rings. The predicted octanol–water partition coefficient (Wildman–Crippen LogP) is 6.45. The van der Waals surface area contributed by atoms with Crippen LogP contribution in [0.4, 0.5) is 31.0 Å². The molecule has 2 heterocycles. The van der Waals surface area contributed by atoms with Crippen LogP contribution in [0, 0.1) is 16.6 Å². The fourth-order valence-electron chi connectivity index (χ4n) is 8.25. The summed E-state index contributed by atoms with van der Waals surface area (Å²) in [5.74, 6) is -1.24. The number of methoxy groups -OCH3 is 4. The normalized spacial score (nSPS) is 17.0. The van der Waals surface area contributed by atoms with Gasteiger partial charge in [0.15, 0.2) is 0 Å². The summed E-state index contributed by atoms with van der Waals surface area (Å²) in [5, 5.41) is 11.2. The first-order chi connectivity index (χ1) is 31.2. The molecule has 4 atom stereocenters. The Labute approximate surface area is 386 Å². The van der Waals surface area contributed by atoms with E-state index in [0.717, 1.165) is 11.1 Å². The minimum Gasteiger partial charge on any atom is -0.495 e. The van der Waals surface area contributed by atoms with E-state index >= 15 is 0 Å². The summed E-state index contributed by atoms with van der Waals surface area (Å²) in [6, 6.07) is 13.3. The van der Waals surface area contributed by atoms with E-state index in [1.165, 1.54) is 50.4 Å². The van der Waals surface area contributed by atoms with E-state index in [1.54, 1.807) is 36.4 Å². The Kier molecular flexibility index (Phi) is 16.5. The van der Waals surface area contributed by atoms with Gasteiger partial charge < -0.3 is 54.9 Å². The Balaban J connectivity index is 1.38. The van der Waals surface area contributed by atoms with E-state index in [4.69, 9.17) is 18.9 Å². The third kappa shape index (κ3) is 12.4. The van der Waals surface area contributed by atoms with Gasteiger partial charge in [-0.15, -0.1) is 0 Å². The minimum atomic E-state index is -0.940. The van der Waals surface area contributed by atoms with Crippen LogP contribution >= 0.6 is 0 Å². The first-order valence-electron chi connectivity index (χ1n) is 21.9. The molecule has 358 valence electrons. The highest BCUT2D eigenvalue weighted by atomic mass is 19.1. The van der Waals surface area contributed by atoms with Gasteiger partial charge >= 0.3 is 12.2 Å². The fourth-order valence-corrected chi connectivity index (χ4v) is 8.25. The van der Waals surface area contributed by atoms with E-state index in [2.05, 4.69) is 21.3 Å². The third-order valence-corrected chi connectivity index (χ3v) is 11.8. The van der Waals surface area contributed by atoms with Gasteiger partial charge in [0, 0.05) is 31.9 Å². The molecule has 0 unspecified atom stereocenters. The number of amides is 6. The summed E-state index contributed by atoms with van der Waals surface area (Å²) in [7, 11) is 5.42. The fraction of sp³-hybridized carbons (Fsp3) is 0.500. The maximum Gasteiger partial charge on any atom is 0.407 e. The van der Waals surface area contributed by atoms with Crippen molar-refractivity contribution in [3.8, 4) is 11.5 Å². The highest BCUT2D eigenvalue weighted by Gasteiger charge is 2.44. The van der Waals surface area contributed by atoms with Crippen LogP contribution in [0.2, 0.25) is 0 Å². The number of carbonyl (C=O) groups is 6. The van der Waals surface area contributed by atoms with Crippen molar-refractivity contribution in [2.75, 3.05) is 57.1 Å². The van der Waals surface area contributed by atoms with Crippen LogP contribution in [0.25, 0.3) is 0 Å². The zero-order chi connectivity index (χ0) is 48.5. The number of anilines is 3. The first-order valence-corrected chi connectivity index (χ1v) is 21.9. The zero-order valence-electron chi connectivity index (χ0n) is 39.5. The molecule has 3 aromatic rings. The van der Waals surface area contributed by atoms with Crippen LogP contribution in [-0.4, -0.2) is 111 Å². The van der Waals surface area contributed by atoms with Crippen LogP contribution < -0.4 is 35.6 Å². The smallest absolute Gasteiger partial charge is 0.407 e. The molecule has 0 aliphatic carbocycles.